The summed E-state index contributed by atoms with van der Waals surface area (Å²) in [5, 5.41) is 3.38. The molecule has 0 aliphatic heterocycles. The average Bonchev–Trinajstić information content (AvgIpc) is 2.46. The number of anilines is 1. The summed E-state index contributed by atoms with van der Waals surface area (Å²) in [6.45, 7) is 7.16. The lowest BCUT2D eigenvalue weighted by Gasteiger charge is -2.14. The van der Waals surface area contributed by atoms with E-state index < -0.39 is 0 Å². The van der Waals surface area contributed by atoms with Crippen LogP contribution in [0.15, 0.2) is 24.3 Å². The molecule has 0 aromatic heterocycles. The van der Waals surface area contributed by atoms with Crippen molar-refractivity contribution in [2.75, 3.05) is 38.8 Å². The van der Waals surface area contributed by atoms with E-state index in [0.717, 1.165) is 37.4 Å². The predicted molar refractivity (Wildman–Crippen MR) is 82.6 cm³/mol. The van der Waals surface area contributed by atoms with Crippen LogP contribution < -0.4 is 10.1 Å². The molecule has 0 aliphatic carbocycles. The van der Waals surface area contributed by atoms with Gasteiger partial charge in [-0.1, -0.05) is 13.0 Å². The minimum absolute atomic E-state index is 0.249. The third kappa shape index (κ3) is 7.36. The lowest BCUT2D eigenvalue weighted by molar-refractivity contribution is 0.0705. The second-order valence-corrected chi connectivity index (χ2v) is 4.75. The zero-order valence-corrected chi connectivity index (χ0v) is 12.9. The molecule has 0 amide bonds. The first kappa shape index (κ1) is 16.8. The molecular formula is C16H27NO3. The Hall–Kier alpha value is -1.26. The zero-order chi connectivity index (χ0) is 14.6. The Morgan fingerprint density at radius 2 is 2.05 bits per heavy atom. The van der Waals surface area contributed by atoms with Crippen molar-refractivity contribution in [2.24, 2.45) is 0 Å². The van der Waals surface area contributed by atoms with Crippen LogP contribution in [-0.2, 0) is 9.47 Å². The molecule has 0 bridgehead atoms. The fraction of sp³-hybridized carbons (Fsp3) is 0.625. The summed E-state index contributed by atoms with van der Waals surface area (Å²) in [6, 6.07) is 8.09. The maximum atomic E-state index is 5.80. The molecule has 1 unspecified atom stereocenters. The first-order valence-electron chi connectivity index (χ1n) is 7.33. The summed E-state index contributed by atoms with van der Waals surface area (Å²) in [7, 11) is 1.68. The molecule has 1 aromatic rings. The van der Waals surface area contributed by atoms with Crippen LogP contribution in [0.25, 0.3) is 0 Å². The maximum Gasteiger partial charge on any atom is 0.121 e. The van der Waals surface area contributed by atoms with Gasteiger partial charge in [0.25, 0.3) is 0 Å². The van der Waals surface area contributed by atoms with Gasteiger partial charge in [-0.05, 0) is 31.9 Å². The van der Waals surface area contributed by atoms with E-state index in [1.807, 2.05) is 18.2 Å². The van der Waals surface area contributed by atoms with E-state index in [9.17, 15) is 0 Å². The smallest absolute Gasteiger partial charge is 0.121 e. The van der Waals surface area contributed by atoms with Gasteiger partial charge in [-0.15, -0.1) is 0 Å². The monoisotopic (exact) mass is 281 g/mol. The van der Waals surface area contributed by atoms with Gasteiger partial charge in [0.05, 0.1) is 19.3 Å². The van der Waals surface area contributed by atoms with E-state index in [2.05, 4.69) is 25.2 Å². The number of hydrogen-bond acceptors (Lipinski definition) is 4. The highest BCUT2D eigenvalue weighted by Gasteiger charge is 2.01. The average molecular weight is 281 g/mol. The van der Waals surface area contributed by atoms with Gasteiger partial charge in [0.1, 0.15) is 5.75 Å². The highest BCUT2D eigenvalue weighted by molar-refractivity contribution is 5.48. The highest BCUT2D eigenvalue weighted by Crippen LogP contribution is 2.19. The van der Waals surface area contributed by atoms with Gasteiger partial charge in [-0.3, -0.25) is 0 Å². The van der Waals surface area contributed by atoms with E-state index in [1.54, 1.807) is 7.11 Å². The number of rotatable bonds is 11. The van der Waals surface area contributed by atoms with Crippen LogP contribution in [0.4, 0.5) is 5.69 Å². The van der Waals surface area contributed by atoms with Crippen molar-refractivity contribution in [3.05, 3.63) is 24.3 Å². The third-order valence-corrected chi connectivity index (χ3v) is 2.97. The van der Waals surface area contributed by atoms with Crippen LogP contribution in [0.1, 0.15) is 26.7 Å². The standard InChI is InChI=1S/C16H27NO3/c1-4-14(2)20-16-8-5-7-15(13-16)17-9-6-10-19-12-11-18-3/h5,7-8,13-14,17H,4,6,9-12H2,1-3H3. The van der Waals surface area contributed by atoms with Crippen LogP contribution >= 0.6 is 0 Å². The molecular weight excluding hydrogens is 254 g/mol. The van der Waals surface area contributed by atoms with E-state index in [-0.39, 0.29) is 6.10 Å². The van der Waals surface area contributed by atoms with Crippen LogP contribution in [0, 0.1) is 0 Å². The van der Waals surface area contributed by atoms with Gasteiger partial charge >= 0.3 is 0 Å². The number of hydrogen-bond donors (Lipinski definition) is 1. The molecule has 4 heteroatoms. The van der Waals surface area contributed by atoms with Crippen molar-refractivity contribution in [1.82, 2.24) is 0 Å². The van der Waals surface area contributed by atoms with Gasteiger partial charge in [-0.25, -0.2) is 0 Å². The zero-order valence-electron chi connectivity index (χ0n) is 12.9. The number of ether oxygens (including phenoxy) is 3. The van der Waals surface area contributed by atoms with Crippen LogP contribution in [0.2, 0.25) is 0 Å². The van der Waals surface area contributed by atoms with Crippen molar-refractivity contribution < 1.29 is 14.2 Å². The van der Waals surface area contributed by atoms with Gasteiger partial charge in [-0.2, -0.15) is 0 Å². The molecule has 0 aliphatic rings. The normalized spacial score (nSPS) is 12.2. The van der Waals surface area contributed by atoms with Gasteiger partial charge in [0, 0.05) is 32.0 Å². The van der Waals surface area contributed by atoms with Crippen molar-refractivity contribution in [3.63, 3.8) is 0 Å². The van der Waals surface area contributed by atoms with E-state index in [4.69, 9.17) is 14.2 Å². The summed E-state index contributed by atoms with van der Waals surface area (Å²) in [5.41, 5.74) is 1.09. The minimum Gasteiger partial charge on any atom is -0.491 e. The van der Waals surface area contributed by atoms with Crippen LogP contribution in [0.5, 0.6) is 5.75 Å². The Bertz CT molecular complexity index is 357. The largest absolute Gasteiger partial charge is 0.491 e. The van der Waals surface area contributed by atoms with Crippen LogP contribution in [0.3, 0.4) is 0 Å². The molecule has 0 saturated heterocycles. The van der Waals surface area contributed by atoms with Crippen LogP contribution in [-0.4, -0.2) is 39.6 Å². The Morgan fingerprint density at radius 3 is 2.80 bits per heavy atom. The quantitative estimate of drug-likeness (QED) is 0.632. The second kappa shape index (κ2) is 10.5. The van der Waals surface area contributed by atoms with Crippen molar-refractivity contribution >= 4 is 5.69 Å². The molecule has 4 nitrogen and oxygen atoms in total. The van der Waals surface area contributed by atoms with E-state index >= 15 is 0 Å². The molecule has 0 heterocycles. The fourth-order valence-electron chi connectivity index (χ4n) is 1.65. The topological polar surface area (TPSA) is 39.7 Å². The fourth-order valence-corrected chi connectivity index (χ4v) is 1.65. The van der Waals surface area contributed by atoms with Crippen molar-refractivity contribution in [3.8, 4) is 5.75 Å². The molecule has 0 fully saturated rings. The summed E-state index contributed by atoms with van der Waals surface area (Å²) >= 11 is 0. The molecule has 0 saturated carbocycles. The predicted octanol–water partition coefficient (Wildman–Crippen LogP) is 3.33. The van der Waals surface area contributed by atoms with E-state index in [1.165, 1.54) is 0 Å². The Kier molecular flexibility index (Phi) is 8.83. The number of nitrogens with one attached hydrogen (secondary N) is 1. The van der Waals surface area contributed by atoms with Gasteiger partial charge < -0.3 is 19.5 Å². The molecule has 1 atom stereocenters. The summed E-state index contributed by atoms with van der Waals surface area (Å²) < 4.78 is 16.1. The molecule has 0 spiro atoms. The summed E-state index contributed by atoms with van der Waals surface area (Å²) in [6.07, 6.45) is 2.23. The lowest BCUT2D eigenvalue weighted by Crippen LogP contribution is -2.10. The first-order valence-corrected chi connectivity index (χ1v) is 7.33. The molecule has 1 N–H and O–H groups in total. The molecule has 114 valence electrons. The van der Waals surface area contributed by atoms with Gasteiger partial charge in [0.2, 0.25) is 0 Å². The van der Waals surface area contributed by atoms with Crippen molar-refractivity contribution in [2.45, 2.75) is 32.8 Å². The first-order chi connectivity index (χ1) is 9.76. The third-order valence-electron chi connectivity index (χ3n) is 2.97. The second-order valence-electron chi connectivity index (χ2n) is 4.75. The number of methoxy groups -OCH3 is 1. The number of benzene rings is 1. The summed E-state index contributed by atoms with van der Waals surface area (Å²) in [5.74, 6) is 0.917. The Morgan fingerprint density at radius 1 is 1.20 bits per heavy atom. The maximum absolute atomic E-state index is 5.80. The Labute approximate surface area is 122 Å². The molecule has 0 radical (unpaired) electrons. The van der Waals surface area contributed by atoms with E-state index in [0.29, 0.717) is 13.2 Å². The minimum atomic E-state index is 0.249. The summed E-state index contributed by atoms with van der Waals surface area (Å²) in [4.78, 5) is 0. The lowest BCUT2D eigenvalue weighted by atomic mass is 10.2. The highest BCUT2D eigenvalue weighted by atomic mass is 16.5. The molecule has 20 heavy (non-hydrogen) atoms. The Balaban J connectivity index is 2.21. The van der Waals surface area contributed by atoms with Crippen molar-refractivity contribution in [1.29, 1.82) is 0 Å². The van der Waals surface area contributed by atoms with Gasteiger partial charge in [0.15, 0.2) is 0 Å². The molecule has 1 aromatic carbocycles. The molecule has 1 rings (SSSR count). The SMILES string of the molecule is CCC(C)Oc1cccc(NCCCOCCOC)c1.